The number of phenols is 1. The zero-order valence-electron chi connectivity index (χ0n) is 13.3. The first-order chi connectivity index (χ1) is 9.38. The first-order valence-corrected chi connectivity index (χ1v) is 7.61. The van der Waals surface area contributed by atoms with E-state index in [0.717, 1.165) is 25.0 Å². The zero-order chi connectivity index (χ0) is 14.9. The Hall–Kier alpha value is -1.22. The summed E-state index contributed by atoms with van der Waals surface area (Å²) in [6.07, 6.45) is 3.27. The molecule has 20 heavy (non-hydrogen) atoms. The highest BCUT2D eigenvalue weighted by Crippen LogP contribution is 2.44. The van der Waals surface area contributed by atoms with Crippen molar-refractivity contribution in [3.05, 3.63) is 23.8 Å². The fraction of sp³-hybridized carbons (Fsp3) is 0.647. The standard InChI is InChI=1S/C17H27NO2/c1-6-12(7-2)18(5)15-11-17(3,4)20-16-10-13(19)8-9-14(15)16/h8-10,12,15,19H,6-7,11H2,1-5H3. The van der Waals surface area contributed by atoms with E-state index >= 15 is 0 Å². The molecule has 0 bridgehead atoms. The second-order valence-corrected chi connectivity index (χ2v) is 6.44. The van der Waals surface area contributed by atoms with E-state index in [-0.39, 0.29) is 11.4 Å². The molecular formula is C17H27NO2. The fourth-order valence-electron chi connectivity index (χ4n) is 3.28. The molecule has 1 unspecified atom stereocenters. The van der Waals surface area contributed by atoms with Crippen LogP contribution >= 0.6 is 0 Å². The minimum atomic E-state index is -0.203. The predicted octanol–water partition coefficient (Wildman–Crippen LogP) is 4.11. The van der Waals surface area contributed by atoms with Gasteiger partial charge in [-0.05, 0) is 39.8 Å². The smallest absolute Gasteiger partial charge is 0.128 e. The lowest BCUT2D eigenvalue weighted by atomic mass is 9.87. The van der Waals surface area contributed by atoms with E-state index in [4.69, 9.17) is 4.74 Å². The molecule has 0 amide bonds. The van der Waals surface area contributed by atoms with Gasteiger partial charge in [0.1, 0.15) is 17.1 Å². The molecule has 1 aromatic carbocycles. The van der Waals surface area contributed by atoms with E-state index in [1.807, 2.05) is 6.07 Å². The molecule has 0 saturated carbocycles. The third kappa shape index (κ3) is 2.93. The number of phenolic OH excluding ortho intramolecular Hbond substituents is 1. The average molecular weight is 277 g/mol. The van der Waals surface area contributed by atoms with Gasteiger partial charge in [-0.25, -0.2) is 0 Å². The Kier molecular flexibility index (Phi) is 4.28. The van der Waals surface area contributed by atoms with Crippen molar-refractivity contribution in [2.45, 2.75) is 64.6 Å². The van der Waals surface area contributed by atoms with Crippen molar-refractivity contribution in [1.82, 2.24) is 4.90 Å². The van der Waals surface area contributed by atoms with Crippen LogP contribution in [-0.4, -0.2) is 28.7 Å². The summed E-state index contributed by atoms with van der Waals surface area (Å²) in [5, 5.41) is 9.69. The summed E-state index contributed by atoms with van der Waals surface area (Å²) in [7, 11) is 2.21. The summed E-state index contributed by atoms with van der Waals surface area (Å²) in [6, 6.07) is 6.43. The van der Waals surface area contributed by atoms with E-state index in [0.29, 0.717) is 12.1 Å². The Morgan fingerprint density at radius 3 is 2.60 bits per heavy atom. The quantitative estimate of drug-likeness (QED) is 0.898. The van der Waals surface area contributed by atoms with Gasteiger partial charge >= 0.3 is 0 Å². The minimum absolute atomic E-state index is 0.203. The third-order valence-electron chi connectivity index (χ3n) is 4.44. The summed E-state index contributed by atoms with van der Waals surface area (Å²) < 4.78 is 6.04. The molecule has 2 rings (SSSR count). The summed E-state index contributed by atoms with van der Waals surface area (Å²) in [6.45, 7) is 8.72. The number of nitrogens with zero attached hydrogens (tertiary/aromatic N) is 1. The predicted molar refractivity (Wildman–Crippen MR) is 82.3 cm³/mol. The van der Waals surface area contributed by atoms with E-state index in [9.17, 15) is 5.11 Å². The molecule has 1 aliphatic rings. The molecule has 0 radical (unpaired) electrons. The maximum atomic E-state index is 9.69. The van der Waals surface area contributed by atoms with Gasteiger partial charge < -0.3 is 9.84 Å². The van der Waals surface area contributed by atoms with Gasteiger partial charge in [0.2, 0.25) is 0 Å². The maximum absolute atomic E-state index is 9.69. The number of hydrogen-bond acceptors (Lipinski definition) is 3. The molecule has 1 aromatic rings. The summed E-state index contributed by atoms with van der Waals surface area (Å²) >= 11 is 0. The van der Waals surface area contributed by atoms with Crippen molar-refractivity contribution in [3.63, 3.8) is 0 Å². The lowest BCUT2D eigenvalue weighted by molar-refractivity contribution is 0.0234. The fourth-order valence-corrected chi connectivity index (χ4v) is 3.28. The molecule has 0 fully saturated rings. The van der Waals surface area contributed by atoms with E-state index in [2.05, 4.69) is 39.6 Å². The Bertz CT molecular complexity index is 466. The van der Waals surface area contributed by atoms with Gasteiger partial charge in [0, 0.05) is 30.1 Å². The molecule has 0 saturated heterocycles. The number of hydrogen-bond donors (Lipinski definition) is 1. The molecule has 3 nitrogen and oxygen atoms in total. The molecule has 1 heterocycles. The van der Waals surface area contributed by atoms with Crippen LogP contribution in [0.25, 0.3) is 0 Å². The van der Waals surface area contributed by atoms with Crippen molar-refractivity contribution in [3.8, 4) is 11.5 Å². The molecule has 1 atom stereocenters. The molecule has 1 N–H and O–H groups in total. The SMILES string of the molecule is CCC(CC)N(C)C1CC(C)(C)Oc2cc(O)ccc21. The number of benzene rings is 1. The van der Waals surface area contributed by atoms with E-state index in [1.165, 1.54) is 5.56 Å². The summed E-state index contributed by atoms with van der Waals surface area (Å²) in [4.78, 5) is 2.47. The van der Waals surface area contributed by atoms with Crippen molar-refractivity contribution in [2.24, 2.45) is 0 Å². The number of ether oxygens (including phenoxy) is 1. The number of fused-ring (bicyclic) bond motifs is 1. The second kappa shape index (κ2) is 5.65. The molecule has 112 valence electrons. The van der Waals surface area contributed by atoms with E-state index in [1.54, 1.807) is 12.1 Å². The topological polar surface area (TPSA) is 32.7 Å². The Balaban J connectivity index is 2.38. The lowest BCUT2D eigenvalue weighted by Gasteiger charge is -2.43. The van der Waals surface area contributed by atoms with Crippen LogP contribution in [0.15, 0.2) is 18.2 Å². The van der Waals surface area contributed by atoms with Gasteiger partial charge in [0.05, 0.1) is 0 Å². The molecule has 0 aromatic heterocycles. The van der Waals surface area contributed by atoms with E-state index < -0.39 is 0 Å². The van der Waals surface area contributed by atoms with Crippen molar-refractivity contribution >= 4 is 0 Å². The van der Waals surface area contributed by atoms with Crippen LogP contribution in [-0.2, 0) is 0 Å². The molecule has 0 spiro atoms. The first-order valence-electron chi connectivity index (χ1n) is 7.61. The van der Waals surface area contributed by atoms with Crippen LogP contribution < -0.4 is 4.74 Å². The van der Waals surface area contributed by atoms with Gasteiger partial charge in [-0.2, -0.15) is 0 Å². The lowest BCUT2D eigenvalue weighted by Crippen LogP contribution is -2.43. The van der Waals surface area contributed by atoms with Crippen LogP contribution in [0, 0.1) is 0 Å². The zero-order valence-corrected chi connectivity index (χ0v) is 13.3. The summed E-state index contributed by atoms with van der Waals surface area (Å²) in [5.41, 5.74) is 0.989. The molecular weight excluding hydrogens is 250 g/mol. The molecule has 0 aliphatic carbocycles. The average Bonchev–Trinajstić information content (AvgIpc) is 2.37. The first kappa shape index (κ1) is 15.2. The largest absolute Gasteiger partial charge is 0.508 e. The second-order valence-electron chi connectivity index (χ2n) is 6.44. The Labute approximate surface area is 122 Å². The van der Waals surface area contributed by atoms with Gasteiger partial charge in [-0.15, -0.1) is 0 Å². The Morgan fingerprint density at radius 2 is 2.00 bits per heavy atom. The number of aromatic hydroxyl groups is 1. The van der Waals surface area contributed by atoms with Crippen molar-refractivity contribution < 1.29 is 9.84 Å². The molecule has 3 heteroatoms. The van der Waals surface area contributed by atoms with Gasteiger partial charge in [0.25, 0.3) is 0 Å². The summed E-state index contributed by atoms with van der Waals surface area (Å²) in [5.74, 6) is 1.09. The Morgan fingerprint density at radius 1 is 1.35 bits per heavy atom. The third-order valence-corrected chi connectivity index (χ3v) is 4.44. The highest BCUT2D eigenvalue weighted by Gasteiger charge is 2.37. The highest BCUT2D eigenvalue weighted by atomic mass is 16.5. The van der Waals surface area contributed by atoms with Crippen LogP contribution in [0.1, 0.15) is 58.6 Å². The highest BCUT2D eigenvalue weighted by molar-refractivity contribution is 5.44. The van der Waals surface area contributed by atoms with Crippen molar-refractivity contribution in [2.75, 3.05) is 7.05 Å². The van der Waals surface area contributed by atoms with Crippen LogP contribution in [0.4, 0.5) is 0 Å². The number of rotatable bonds is 4. The van der Waals surface area contributed by atoms with Crippen LogP contribution in [0.2, 0.25) is 0 Å². The van der Waals surface area contributed by atoms with Crippen LogP contribution in [0.5, 0.6) is 11.5 Å². The monoisotopic (exact) mass is 277 g/mol. The molecule has 1 aliphatic heterocycles. The van der Waals surface area contributed by atoms with Gasteiger partial charge in [-0.1, -0.05) is 19.9 Å². The van der Waals surface area contributed by atoms with Gasteiger partial charge in [-0.3, -0.25) is 4.90 Å². The minimum Gasteiger partial charge on any atom is -0.508 e. The normalized spacial score (nSPS) is 20.9. The van der Waals surface area contributed by atoms with Gasteiger partial charge in [0.15, 0.2) is 0 Å². The van der Waals surface area contributed by atoms with Crippen LogP contribution in [0.3, 0.4) is 0 Å². The van der Waals surface area contributed by atoms with Crippen molar-refractivity contribution in [1.29, 1.82) is 0 Å². The maximum Gasteiger partial charge on any atom is 0.128 e.